The van der Waals surface area contributed by atoms with Crippen LogP contribution >= 0.6 is 0 Å². The maximum Gasteiger partial charge on any atom is 0.306 e. The van der Waals surface area contributed by atoms with E-state index in [1.54, 1.807) is 0 Å². The molecule has 4 N–H and O–H groups in total. The van der Waals surface area contributed by atoms with Gasteiger partial charge in [0.25, 0.3) is 10.1 Å². The first kappa shape index (κ1) is 55.9. The number of hydrogen-bond donors (Lipinski definition) is 4. The van der Waals surface area contributed by atoms with Crippen LogP contribution in [0.15, 0.2) is 36.5 Å². The molecule has 2 unspecified atom stereocenters. The first-order chi connectivity index (χ1) is 29.0. The summed E-state index contributed by atoms with van der Waals surface area (Å²) in [6.45, 7) is 3.72. The summed E-state index contributed by atoms with van der Waals surface area (Å²) >= 11 is 0. The Morgan fingerprint density at radius 1 is 0.567 bits per heavy atom. The number of carbonyl (C=O) groups excluding carboxylic acids is 2. The summed E-state index contributed by atoms with van der Waals surface area (Å²) in [4.78, 5) is 25.4. The lowest BCUT2D eigenvalue weighted by Crippen LogP contribution is -2.60. The van der Waals surface area contributed by atoms with Gasteiger partial charge < -0.3 is 34.3 Å². The van der Waals surface area contributed by atoms with Crippen molar-refractivity contribution in [2.45, 2.75) is 230 Å². The Hall–Kier alpha value is -2.13. The molecule has 12 nitrogen and oxygen atoms in total. The molecule has 60 heavy (non-hydrogen) atoms. The molecule has 0 spiro atoms. The first-order valence-electron chi connectivity index (χ1n) is 23.5. The molecule has 0 aliphatic carbocycles. The maximum absolute atomic E-state index is 12.8. The predicted molar refractivity (Wildman–Crippen MR) is 238 cm³/mol. The predicted octanol–water partition coefficient (Wildman–Crippen LogP) is 9.78. The van der Waals surface area contributed by atoms with E-state index in [1.807, 2.05) is 0 Å². The molecule has 6 atom stereocenters. The minimum atomic E-state index is -4.60. The van der Waals surface area contributed by atoms with E-state index in [4.69, 9.17) is 18.9 Å². The van der Waals surface area contributed by atoms with Crippen molar-refractivity contribution in [1.29, 1.82) is 0 Å². The molecule has 0 bridgehead atoms. The number of aliphatic hydroxyl groups is 3. The largest absolute Gasteiger partial charge is 0.462 e. The van der Waals surface area contributed by atoms with Gasteiger partial charge in [0.05, 0.1) is 6.61 Å². The summed E-state index contributed by atoms with van der Waals surface area (Å²) < 4.78 is 54.1. The summed E-state index contributed by atoms with van der Waals surface area (Å²) in [6, 6.07) is 0. The smallest absolute Gasteiger partial charge is 0.306 e. The molecule has 0 amide bonds. The Balaban J connectivity index is 2.44. The summed E-state index contributed by atoms with van der Waals surface area (Å²) in [6.07, 6.45) is 33.2. The van der Waals surface area contributed by atoms with Gasteiger partial charge in [-0.15, -0.1) is 0 Å². The van der Waals surface area contributed by atoms with Gasteiger partial charge in [-0.1, -0.05) is 147 Å². The van der Waals surface area contributed by atoms with Crippen LogP contribution in [-0.4, -0.2) is 96.0 Å². The van der Waals surface area contributed by atoms with E-state index >= 15 is 0 Å². The van der Waals surface area contributed by atoms with Crippen LogP contribution in [0, 0.1) is 0 Å². The minimum absolute atomic E-state index is 0.153. The zero-order valence-corrected chi connectivity index (χ0v) is 38.1. The fourth-order valence-electron chi connectivity index (χ4n) is 7.00. The van der Waals surface area contributed by atoms with Crippen molar-refractivity contribution in [2.75, 3.05) is 19.0 Å². The molecule has 1 fully saturated rings. The number of esters is 2. The Morgan fingerprint density at radius 3 is 1.52 bits per heavy atom. The first-order valence-corrected chi connectivity index (χ1v) is 25.2. The lowest BCUT2D eigenvalue weighted by molar-refractivity contribution is -0.297. The number of hydrogen-bond acceptors (Lipinski definition) is 11. The van der Waals surface area contributed by atoms with Gasteiger partial charge >= 0.3 is 11.9 Å². The number of rotatable bonds is 39. The molecular formula is C47H84O12S. The van der Waals surface area contributed by atoms with Gasteiger partial charge in [0, 0.05) is 12.8 Å². The zero-order valence-electron chi connectivity index (χ0n) is 37.3. The van der Waals surface area contributed by atoms with Crippen LogP contribution in [0.3, 0.4) is 0 Å². The quantitative estimate of drug-likeness (QED) is 0.0199. The number of allylic oxidation sites excluding steroid dienone is 6. The third-order valence-corrected chi connectivity index (χ3v) is 11.4. The molecule has 0 radical (unpaired) electrons. The highest BCUT2D eigenvalue weighted by atomic mass is 32.2. The normalized spacial score (nSPS) is 20.4. The highest BCUT2D eigenvalue weighted by Gasteiger charge is 2.46. The van der Waals surface area contributed by atoms with Crippen LogP contribution in [0.4, 0.5) is 0 Å². The third kappa shape index (κ3) is 31.7. The Morgan fingerprint density at radius 2 is 1.00 bits per heavy atom. The van der Waals surface area contributed by atoms with Gasteiger partial charge in [-0.3, -0.25) is 14.1 Å². The van der Waals surface area contributed by atoms with Crippen molar-refractivity contribution in [2.24, 2.45) is 0 Å². The van der Waals surface area contributed by atoms with Gasteiger partial charge in [0.2, 0.25) is 0 Å². The second-order valence-electron chi connectivity index (χ2n) is 16.4. The second-order valence-corrected chi connectivity index (χ2v) is 17.9. The molecule has 1 aliphatic heterocycles. The van der Waals surface area contributed by atoms with Crippen LogP contribution < -0.4 is 0 Å². The molecule has 0 aromatic carbocycles. The summed E-state index contributed by atoms with van der Waals surface area (Å²) in [5.74, 6) is -2.00. The van der Waals surface area contributed by atoms with Gasteiger partial charge in [0.15, 0.2) is 12.4 Å². The number of carbonyl (C=O) groups is 2. The van der Waals surface area contributed by atoms with Crippen molar-refractivity contribution in [3.8, 4) is 0 Å². The molecule has 350 valence electrons. The van der Waals surface area contributed by atoms with E-state index in [9.17, 15) is 37.9 Å². The van der Waals surface area contributed by atoms with Gasteiger partial charge in [-0.25, -0.2) is 0 Å². The van der Waals surface area contributed by atoms with E-state index < -0.39 is 71.2 Å². The van der Waals surface area contributed by atoms with Crippen molar-refractivity contribution in [3.05, 3.63) is 36.5 Å². The molecule has 1 aliphatic rings. The lowest BCUT2D eigenvalue weighted by Gasteiger charge is -2.40. The number of unbranched alkanes of at least 4 members (excludes halogenated alkanes) is 21. The minimum Gasteiger partial charge on any atom is -0.462 e. The fraction of sp³-hybridized carbons (Fsp3) is 0.830. The highest BCUT2D eigenvalue weighted by Crippen LogP contribution is 2.24. The molecule has 1 saturated heterocycles. The zero-order chi connectivity index (χ0) is 44.1. The van der Waals surface area contributed by atoms with Gasteiger partial charge in [0.1, 0.15) is 36.8 Å². The van der Waals surface area contributed by atoms with E-state index in [2.05, 4.69) is 50.3 Å². The monoisotopic (exact) mass is 873 g/mol. The van der Waals surface area contributed by atoms with Crippen molar-refractivity contribution in [3.63, 3.8) is 0 Å². The van der Waals surface area contributed by atoms with E-state index in [0.29, 0.717) is 12.8 Å². The van der Waals surface area contributed by atoms with Crippen LogP contribution in [0.5, 0.6) is 0 Å². The van der Waals surface area contributed by atoms with Crippen LogP contribution in [0.1, 0.15) is 194 Å². The average Bonchev–Trinajstić information content (AvgIpc) is 3.21. The molecule has 0 aromatic heterocycles. The molecule has 1 heterocycles. The second kappa shape index (κ2) is 37.4. The Kier molecular flexibility index (Phi) is 34.9. The molecule has 13 heteroatoms. The maximum atomic E-state index is 12.8. The Labute approximate surface area is 363 Å². The lowest BCUT2D eigenvalue weighted by atomic mass is 10.00. The van der Waals surface area contributed by atoms with Gasteiger partial charge in [-0.05, 0) is 70.6 Å². The van der Waals surface area contributed by atoms with Gasteiger partial charge in [-0.2, -0.15) is 8.42 Å². The number of aliphatic hydroxyl groups excluding tert-OH is 3. The third-order valence-electron chi connectivity index (χ3n) is 10.7. The van der Waals surface area contributed by atoms with Crippen molar-refractivity contribution < 1.29 is 56.8 Å². The molecular weight excluding hydrogens is 789 g/mol. The number of ether oxygens (including phenoxy) is 4. The molecule has 0 saturated carbocycles. The van der Waals surface area contributed by atoms with E-state index in [1.165, 1.54) is 77.0 Å². The summed E-state index contributed by atoms with van der Waals surface area (Å²) in [7, 11) is -4.60. The van der Waals surface area contributed by atoms with Crippen LogP contribution in [-0.2, 0) is 38.7 Å². The SMILES string of the molecule is CCCCC/C=C/C/C=C/CCCCCCCCCC(=O)OC[C@H](CO[C@H]1O[C@H](CS(=O)(=O)O)[C@@H](O)C(O)C1O)OC(=O)CCCCCCC/C=C/CCCCCCCC. The van der Waals surface area contributed by atoms with Crippen LogP contribution in [0.2, 0.25) is 0 Å². The average molecular weight is 873 g/mol. The summed E-state index contributed by atoms with van der Waals surface area (Å²) in [5, 5.41) is 30.9. The Bertz CT molecular complexity index is 1250. The van der Waals surface area contributed by atoms with E-state index in [-0.39, 0.29) is 19.4 Å². The fourth-order valence-corrected chi connectivity index (χ4v) is 7.69. The van der Waals surface area contributed by atoms with E-state index in [0.717, 1.165) is 77.0 Å². The summed E-state index contributed by atoms with van der Waals surface area (Å²) in [5.41, 5.74) is 0. The van der Waals surface area contributed by atoms with Crippen molar-refractivity contribution >= 4 is 22.1 Å². The van der Waals surface area contributed by atoms with Crippen molar-refractivity contribution in [1.82, 2.24) is 0 Å². The standard InChI is InChI=1S/C47H84O12S/c1-3-5-7-9-11-13-15-17-19-20-22-23-25-27-29-31-33-35-42(48)56-37-40(38-57-47-46(52)45(51)44(50)41(59-47)39-60(53,54)55)58-43(49)36-34-32-30-28-26-24-21-18-16-14-12-10-8-6-4-2/h11,13,17-19,21,40-41,44-47,50-52H,3-10,12,14-16,20,22-39H2,1-2H3,(H,53,54,55)/b13-11+,19-17+,21-18+/t40-,41-,44-,45?,46?,47+/m1/s1. The van der Waals surface area contributed by atoms with Crippen LogP contribution in [0.25, 0.3) is 0 Å². The molecule has 0 aromatic rings. The highest BCUT2D eigenvalue weighted by molar-refractivity contribution is 7.85. The molecule has 1 rings (SSSR count). The topological polar surface area (TPSA) is 186 Å².